The molecular formula is C15H19N3O2. The number of aromatic nitrogens is 2. The molecule has 2 aromatic rings. The van der Waals surface area contributed by atoms with Gasteiger partial charge in [0.1, 0.15) is 0 Å². The predicted octanol–water partition coefficient (Wildman–Crippen LogP) is 3.02. The van der Waals surface area contributed by atoms with Gasteiger partial charge in [0.05, 0.1) is 6.10 Å². The van der Waals surface area contributed by atoms with Gasteiger partial charge in [-0.2, -0.15) is 0 Å². The van der Waals surface area contributed by atoms with Crippen molar-refractivity contribution >= 4 is 5.69 Å². The zero-order chi connectivity index (χ0) is 13.9. The van der Waals surface area contributed by atoms with Gasteiger partial charge in [-0.25, -0.2) is 0 Å². The van der Waals surface area contributed by atoms with E-state index in [4.69, 9.17) is 9.15 Å². The highest BCUT2D eigenvalue weighted by molar-refractivity contribution is 5.62. The van der Waals surface area contributed by atoms with Gasteiger partial charge in [-0.3, -0.25) is 0 Å². The maximum Gasteiger partial charge on any atom is 0.247 e. The molecule has 1 aliphatic rings. The van der Waals surface area contributed by atoms with Crippen LogP contribution in [0, 0.1) is 6.92 Å². The van der Waals surface area contributed by atoms with Crippen molar-refractivity contribution in [1.29, 1.82) is 0 Å². The number of anilines is 1. The van der Waals surface area contributed by atoms with E-state index in [9.17, 15) is 0 Å². The zero-order valence-electron chi connectivity index (χ0n) is 11.8. The maximum absolute atomic E-state index is 5.58. The third kappa shape index (κ3) is 2.67. The molecule has 3 rings (SSSR count). The van der Waals surface area contributed by atoms with Crippen molar-refractivity contribution in [2.45, 2.75) is 38.8 Å². The Labute approximate surface area is 118 Å². The van der Waals surface area contributed by atoms with E-state index in [-0.39, 0.29) is 0 Å². The molecule has 1 fully saturated rings. The van der Waals surface area contributed by atoms with E-state index < -0.39 is 0 Å². The quantitative estimate of drug-likeness (QED) is 0.907. The fraction of sp³-hybridized carbons (Fsp3) is 0.467. The molecule has 0 radical (unpaired) electrons. The first kappa shape index (κ1) is 13.1. The number of nitrogens with zero attached hydrogens (tertiary/aromatic N) is 2. The molecule has 5 nitrogen and oxygen atoms in total. The van der Waals surface area contributed by atoms with Crippen LogP contribution in [0.25, 0.3) is 11.5 Å². The first-order valence-electron chi connectivity index (χ1n) is 7.01. The standard InChI is InChI=1S/C15H19N3O2/c1-3-19-13-7-12(8-13)17-14-5-4-11(6-10(14)2)15-18-16-9-20-15/h4-6,9,12-13,17H,3,7-8H2,1-2H3. The van der Waals surface area contributed by atoms with Crippen LogP contribution in [0.15, 0.2) is 29.0 Å². The third-order valence-electron chi connectivity index (χ3n) is 3.69. The second kappa shape index (κ2) is 5.63. The maximum atomic E-state index is 5.58. The molecule has 0 bridgehead atoms. The summed E-state index contributed by atoms with van der Waals surface area (Å²) in [6.45, 7) is 4.93. The summed E-state index contributed by atoms with van der Waals surface area (Å²) in [5, 5.41) is 11.2. The van der Waals surface area contributed by atoms with Crippen LogP contribution in [-0.4, -0.2) is 29.0 Å². The number of rotatable bonds is 5. The number of aryl methyl sites for hydroxylation is 1. The molecule has 1 aliphatic carbocycles. The molecule has 1 heterocycles. The summed E-state index contributed by atoms with van der Waals surface area (Å²) >= 11 is 0. The highest BCUT2D eigenvalue weighted by Gasteiger charge is 2.29. The van der Waals surface area contributed by atoms with Gasteiger partial charge in [0, 0.05) is 23.9 Å². The summed E-state index contributed by atoms with van der Waals surface area (Å²) in [7, 11) is 0. The fourth-order valence-electron chi connectivity index (χ4n) is 2.53. The van der Waals surface area contributed by atoms with Crippen LogP contribution in [0.5, 0.6) is 0 Å². The Kier molecular flexibility index (Phi) is 3.69. The predicted molar refractivity (Wildman–Crippen MR) is 76.5 cm³/mol. The Morgan fingerprint density at radius 1 is 1.40 bits per heavy atom. The van der Waals surface area contributed by atoms with Crippen molar-refractivity contribution in [2.24, 2.45) is 0 Å². The Morgan fingerprint density at radius 2 is 2.25 bits per heavy atom. The molecule has 0 aliphatic heterocycles. The Balaban J connectivity index is 1.64. The number of ether oxygens (including phenoxy) is 1. The average molecular weight is 273 g/mol. The summed E-state index contributed by atoms with van der Waals surface area (Å²) in [5.74, 6) is 0.555. The molecule has 1 aromatic carbocycles. The van der Waals surface area contributed by atoms with Gasteiger partial charge in [0.2, 0.25) is 12.3 Å². The summed E-state index contributed by atoms with van der Waals surface area (Å²) in [4.78, 5) is 0. The molecule has 0 atom stereocenters. The van der Waals surface area contributed by atoms with Crippen LogP contribution >= 0.6 is 0 Å². The average Bonchev–Trinajstić information content (AvgIpc) is 2.92. The minimum absolute atomic E-state index is 0.426. The van der Waals surface area contributed by atoms with E-state index in [0.29, 0.717) is 18.0 Å². The first-order valence-corrected chi connectivity index (χ1v) is 7.01. The van der Waals surface area contributed by atoms with Crippen LogP contribution in [0.4, 0.5) is 5.69 Å². The molecule has 5 heteroatoms. The lowest BCUT2D eigenvalue weighted by molar-refractivity contribution is 0.00298. The number of nitrogens with one attached hydrogen (secondary N) is 1. The molecule has 1 aromatic heterocycles. The number of benzene rings is 1. The van der Waals surface area contributed by atoms with Gasteiger partial charge >= 0.3 is 0 Å². The molecule has 1 N–H and O–H groups in total. The zero-order valence-corrected chi connectivity index (χ0v) is 11.8. The molecule has 0 amide bonds. The van der Waals surface area contributed by atoms with Crippen LogP contribution in [-0.2, 0) is 4.74 Å². The largest absolute Gasteiger partial charge is 0.423 e. The van der Waals surface area contributed by atoms with Gasteiger partial charge in [-0.05, 0) is 50.5 Å². The van der Waals surface area contributed by atoms with E-state index in [1.54, 1.807) is 0 Å². The number of hydrogen-bond donors (Lipinski definition) is 1. The van der Waals surface area contributed by atoms with E-state index >= 15 is 0 Å². The van der Waals surface area contributed by atoms with Gasteiger partial charge < -0.3 is 14.5 Å². The van der Waals surface area contributed by atoms with Gasteiger partial charge in [0.25, 0.3) is 0 Å². The van der Waals surface area contributed by atoms with Gasteiger partial charge in [-0.1, -0.05) is 0 Å². The molecule has 0 spiro atoms. The monoisotopic (exact) mass is 273 g/mol. The van der Waals surface area contributed by atoms with E-state index in [2.05, 4.69) is 34.6 Å². The molecule has 0 unspecified atom stereocenters. The summed E-state index contributed by atoms with van der Waals surface area (Å²) in [6.07, 6.45) is 3.94. The second-order valence-electron chi connectivity index (χ2n) is 5.16. The van der Waals surface area contributed by atoms with Crippen LogP contribution in [0.2, 0.25) is 0 Å². The van der Waals surface area contributed by atoms with Crippen LogP contribution in [0.1, 0.15) is 25.3 Å². The molecule has 20 heavy (non-hydrogen) atoms. The Morgan fingerprint density at radius 3 is 2.90 bits per heavy atom. The lowest BCUT2D eigenvalue weighted by atomic mass is 9.88. The molecule has 1 saturated carbocycles. The lowest BCUT2D eigenvalue weighted by Crippen LogP contribution is -2.40. The second-order valence-corrected chi connectivity index (χ2v) is 5.16. The van der Waals surface area contributed by atoms with Crippen molar-refractivity contribution in [3.63, 3.8) is 0 Å². The Hall–Kier alpha value is -1.88. The molecular weight excluding hydrogens is 254 g/mol. The van der Waals surface area contributed by atoms with E-state index in [1.165, 1.54) is 12.0 Å². The SMILES string of the molecule is CCOC1CC(Nc2ccc(-c3nnco3)cc2C)C1. The Bertz CT molecular complexity index is 563. The van der Waals surface area contributed by atoms with E-state index in [1.807, 2.05) is 13.0 Å². The van der Waals surface area contributed by atoms with Gasteiger partial charge in [0.15, 0.2) is 0 Å². The molecule has 106 valence electrons. The fourth-order valence-corrected chi connectivity index (χ4v) is 2.53. The topological polar surface area (TPSA) is 60.2 Å². The third-order valence-corrected chi connectivity index (χ3v) is 3.69. The lowest BCUT2D eigenvalue weighted by Gasteiger charge is -2.36. The first-order chi connectivity index (χ1) is 9.76. The van der Waals surface area contributed by atoms with Crippen LogP contribution < -0.4 is 5.32 Å². The van der Waals surface area contributed by atoms with E-state index in [0.717, 1.165) is 30.7 Å². The van der Waals surface area contributed by atoms with Crippen molar-refractivity contribution in [2.75, 3.05) is 11.9 Å². The summed E-state index contributed by atoms with van der Waals surface area (Å²) in [6, 6.07) is 6.65. The van der Waals surface area contributed by atoms with Crippen LogP contribution in [0.3, 0.4) is 0 Å². The van der Waals surface area contributed by atoms with Crippen molar-refractivity contribution in [1.82, 2.24) is 10.2 Å². The summed E-state index contributed by atoms with van der Waals surface area (Å²) in [5.41, 5.74) is 3.29. The minimum atomic E-state index is 0.426. The normalized spacial score (nSPS) is 21.5. The van der Waals surface area contributed by atoms with Crippen molar-refractivity contribution in [3.05, 3.63) is 30.2 Å². The van der Waals surface area contributed by atoms with Crippen molar-refractivity contribution in [3.8, 4) is 11.5 Å². The van der Waals surface area contributed by atoms with Gasteiger partial charge in [-0.15, -0.1) is 10.2 Å². The van der Waals surface area contributed by atoms with Crippen molar-refractivity contribution < 1.29 is 9.15 Å². The minimum Gasteiger partial charge on any atom is -0.423 e. The highest BCUT2D eigenvalue weighted by Crippen LogP contribution is 2.29. The summed E-state index contributed by atoms with van der Waals surface area (Å²) < 4.78 is 10.8. The molecule has 0 saturated heterocycles. The highest BCUT2D eigenvalue weighted by atomic mass is 16.5. The smallest absolute Gasteiger partial charge is 0.247 e. The number of hydrogen-bond acceptors (Lipinski definition) is 5.